The summed E-state index contributed by atoms with van der Waals surface area (Å²) in [6, 6.07) is 5.44. The van der Waals surface area contributed by atoms with Gasteiger partial charge < -0.3 is 16.4 Å². The number of carbonyl (C=O) groups is 1. The summed E-state index contributed by atoms with van der Waals surface area (Å²) in [6.45, 7) is 1.46. The van der Waals surface area contributed by atoms with E-state index in [1.165, 1.54) is 0 Å². The molecular formula is C12H16ClN3O. The normalized spacial score (nSPS) is 20.3. The molecule has 92 valence electrons. The second kappa shape index (κ2) is 4.84. The first kappa shape index (κ1) is 12.0. The van der Waals surface area contributed by atoms with Gasteiger partial charge in [-0.15, -0.1) is 0 Å². The predicted octanol–water partition coefficient (Wildman–Crippen LogP) is 1.62. The Labute approximate surface area is 106 Å². The highest BCUT2D eigenvalue weighted by Gasteiger charge is 2.26. The molecule has 0 saturated carbocycles. The first-order valence-electron chi connectivity index (χ1n) is 5.68. The SMILES string of the molecule is NC(=O)C1CCCN(c2c(N)cccc2Cl)C1. The van der Waals surface area contributed by atoms with Crippen molar-refractivity contribution in [3.8, 4) is 0 Å². The lowest BCUT2D eigenvalue weighted by Crippen LogP contribution is -2.41. The molecule has 0 bridgehead atoms. The van der Waals surface area contributed by atoms with Crippen LogP contribution in [0, 0.1) is 5.92 Å². The zero-order chi connectivity index (χ0) is 12.4. The molecule has 0 radical (unpaired) electrons. The lowest BCUT2D eigenvalue weighted by atomic mass is 9.97. The number of primary amides is 1. The highest BCUT2D eigenvalue weighted by molar-refractivity contribution is 6.34. The number of amides is 1. The lowest BCUT2D eigenvalue weighted by molar-refractivity contribution is -0.122. The second-order valence-corrected chi connectivity index (χ2v) is 4.77. The van der Waals surface area contributed by atoms with Crippen LogP contribution in [-0.2, 0) is 4.79 Å². The fourth-order valence-electron chi connectivity index (χ4n) is 2.28. The van der Waals surface area contributed by atoms with E-state index in [1.54, 1.807) is 6.07 Å². The molecule has 2 rings (SSSR count). The quantitative estimate of drug-likeness (QED) is 0.787. The van der Waals surface area contributed by atoms with Crippen molar-refractivity contribution in [3.05, 3.63) is 23.2 Å². The van der Waals surface area contributed by atoms with Crippen LogP contribution in [0.4, 0.5) is 11.4 Å². The van der Waals surface area contributed by atoms with E-state index in [1.807, 2.05) is 12.1 Å². The number of nitrogens with zero attached hydrogens (tertiary/aromatic N) is 1. The van der Waals surface area contributed by atoms with Gasteiger partial charge in [-0.3, -0.25) is 4.79 Å². The lowest BCUT2D eigenvalue weighted by Gasteiger charge is -2.34. The van der Waals surface area contributed by atoms with Crippen LogP contribution in [0.2, 0.25) is 5.02 Å². The molecule has 1 aromatic rings. The second-order valence-electron chi connectivity index (χ2n) is 4.37. The van der Waals surface area contributed by atoms with Crippen molar-refractivity contribution >= 4 is 28.9 Å². The molecule has 1 aromatic carbocycles. The van der Waals surface area contributed by atoms with E-state index in [9.17, 15) is 4.79 Å². The van der Waals surface area contributed by atoms with E-state index < -0.39 is 0 Å². The van der Waals surface area contributed by atoms with Gasteiger partial charge >= 0.3 is 0 Å². The number of para-hydroxylation sites is 1. The summed E-state index contributed by atoms with van der Waals surface area (Å²) < 4.78 is 0. The van der Waals surface area contributed by atoms with Crippen molar-refractivity contribution in [2.75, 3.05) is 23.7 Å². The van der Waals surface area contributed by atoms with Crippen molar-refractivity contribution in [2.45, 2.75) is 12.8 Å². The zero-order valence-corrected chi connectivity index (χ0v) is 10.3. The van der Waals surface area contributed by atoms with E-state index >= 15 is 0 Å². The number of carbonyl (C=O) groups excluding carboxylic acids is 1. The van der Waals surface area contributed by atoms with E-state index in [-0.39, 0.29) is 11.8 Å². The van der Waals surface area contributed by atoms with Crippen molar-refractivity contribution in [1.82, 2.24) is 0 Å². The number of halogens is 1. The van der Waals surface area contributed by atoms with Gasteiger partial charge in [-0.05, 0) is 25.0 Å². The Balaban J connectivity index is 2.25. The first-order chi connectivity index (χ1) is 8.09. The molecule has 1 aliphatic heterocycles. The summed E-state index contributed by atoms with van der Waals surface area (Å²) in [5.41, 5.74) is 12.7. The van der Waals surface area contributed by atoms with Crippen LogP contribution >= 0.6 is 11.6 Å². The Bertz CT molecular complexity index is 416. The summed E-state index contributed by atoms with van der Waals surface area (Å²) in [5.74, 6) is -0.361. The summed E-state index contributed by atoms with van der Waals surface area (Å²) >= 11 is 6.15. The Morgan fingerprint density at radius 3 is 2.88 bits per heavy atom. The van der Waals surface area contributed by atoms with Crippen LogP contribution in [0.1, 0.15) is 12.8 Å². The van der Waals surface area contributed by atoms with Crippen LogP contribution in [0.3, 0.4) is 0 Å². The zero-order valence-electron chi connectivity index (χ0n) is 9.53. The molecular weight excluding hydrogens is 238 g/mol. The standard InChI is InChI=1S/C12H16ClN3O/c13-9-4-1-5-10(14)11(9)16-6-2-3-8(7-16)12(15)17/h1,4-5,8H,2-3,6-7,14H2,(H2,15,17). The van der Waals surface area contributed by atoms with E-state index in [0.717, 1.165) is 25.1 Å². The molecule has 1 amide bonds. The molecule has 0 aliphatic carbocycles. The maximum absolute atomic E-state index is 11.2. The Hall–Kier alpha value is -1.42. The first-order valence-corrected chi connectivity index (χ1v) is 6.05. The number of rotatable bonds is 2. The van der Waals surface area contributed by atoms with E-state index in [2.05, 4.69) is 4.90 Å². The summed E-state index contributed by atoms with van der Waals surface area (Å²) in [7, 11) is 0. The molecule has 17 heavy (non-hydrogen) atoms. The van der Waals surface area contributed by atoms with Crippen LogP contribution in [0.5, 0.6) is 0 Å². The topological polar surface area (TPSA) is 72.4 Å². The average Bonchev–Trinajstić information content (AvgIpc) is 2.29. The minimum Gasteiger partial charge on any atom is -0.397 e. The van der Waals surface area contributed by atoms with Crippen LogP contribution < -0.4 is 16.4 Å². The largest absolute Gasteiger partial charge is 0.397 e. The van der Waals surface area contributed by atoms with Crippen molar-refractivity contribution in [2.24, 2.45) is 11.7 Å². The van der Waals surface area contributed by atoms with Gasteiger partial charge in [0.25, 0.3) is 0 Å². The van der Waals surface area contributed by atoms with Gasteiger partial charge in [-0.1, -0.05) is 17.7 Å². The van der Waals surface area contributed by atoms with Crippen molar-refractivity contribution < 1.29 is 4.79 Å². The number of hydrogen-bond acceptors (Lipinski definition) is 3. The minimum absolute atomic E-state index is 0.112. The fraction of sp³-hybridized carbons (Fsp3) is 0.417. The summed E-state index contributed by atoms with van der Waals surface area (Å²) in [5, 5.41) is 0.620. The minimum atomic E-state index is -0.250. The van der Waals surface area contributed by atoms with Gasteiger partial charge in [0.2, 0.25) is 5.91 Å². The molecule has 1 unspecified atom stereocenters. The molecule has 0 spiro atoms. The third-order valence-electron chi connectivity index (χ3n) is 3.16. The van der Waals surface area contributed by atoms with Crippen LogP contribution in [0.25, 0.3) is 0 Å². The predicted molar refractivity (Wildman–Crippen MR) is 70.0 cm³/mol. The number of benzene rings is 1. The van der Waals surface area contributed by atoms with Gasteiger partial charge in [0, 0.05) is 13.1 Å². The smallest absolute Gasteiger partial charge is 0.222 e. The molecule has 5 heteroatoms. The summed E-state index contributed by atoms with van der Waals surface area (Å²) in [6.07, 6.45) is 1.77. The van der Waals surface area contributed by atoms with Gasteiger partial charge in [0.05, 0.1) is 22.3 Å². The average molecular weight is 254 g/mol. The molecule has 1 atom stereocenters. The number of hydrogen-bond donors (Lipinski definition) is 2. The fourth-order valence-corrected chi connectivity index (χ4v) is 2.58. The third kappa shape index (κ3) is 2.47. The Morgan fingerprint density at radius 1 is 1.47 bits per heavy atom. The Kier molecular flexibility index (Phi) is 3.43. The van der Waals surface area contributed by atoms with Gasteiger partial charge in [-0.25, -0.2) is 0 Å². The number of piperidine rings is 1. The maximum Gasteiger partial charge on any atom is 0.222 e. The molecule has 1 saturated heterocycles. The molecule has 0 aromatic heterocycles. The van der Waals surface area contributed by atoms with Crippen molar-refractivity contribution in [1.29, 1.82) is 0 Å². The summed E-state index contributed by atoms with van der Waals surface area (Å²) in [4.78, 5) is 13.3. The molecule has 4 N–H and O–H groups in total. The van der Waals surface area contributed by atoms with Crippen molar-refractivity contribution in [3.63, 3.8) is 0 Å². The van der Waals surface area contributed by atoms with E-state index in [4.69, 9.17) is 23.1 Å². The molecule has 1 aliphatic rings. The molecule has 4 nitrogen and oxygen atoms in total. The van der Waals surface area contributed by atoms with Crippen LogP contribution in [-0.4, -0.2) is 19.0 Å². The highest BCUT2D eigenvalue weighted by Crippen LogP contribution is 2.34. The van der Waals surface area contributed by atoms with Crippen LogP contribution in [0.15, 0.2) is 18.2 Å². The molecule has 1 heterocycles. The number of nitrogen functional groups attached to an aromatic ring is 1. The molecule has 1 fully saturated rings. The van der Waals surface area contributed by atoms with Gasteiger partial charge in [0.1, 0.15) is 0 Å². The van der Waals surface area contributed by atoms with Gasteiger partial charge in [-0.2, -0.15) is 0 Å². The maximum atomic E-state index is 11.2. The number of nitrogens with two attached hydrogens (primary N) is 2. The van der Waals surface area contributed by atoms with Gasteiger partial charge in [0.15, 0.2) is 0 Å². The monoisotopic (exact) mass is 253 g/mol. The highest BCUT2D eigenvalue weighted by atomic mass is 35.5. The number of anilines is 2. The Morgan fingerprint density at radius 2 is 2.24 bits per heavy atom. The third-order valence-corrected chi connectivity index (χ3v) is 3.46. The van der Waals surface area contributed by atoms with E-state index in [0.29, 0.717) is 17.3 Å².